The second kappa shape index (κ2) is 9.17. The van der Waals surface area contributed by atoms with Gasteiger partial charge in [0.05, 0.1) is 19.3 Å². The highest BCUT2D eigenvalue weighted by Crippen LogP contribution is 2.21. The van der Waals surface area contributed by atoms with E-state index >= 15 is 0 Å². The molecule has 6 heteroatoms. The lowest BCUT2D eigenvalue weighted by Gasteiger charge is -2.31. The van der Waals surface area contributed by atoms with Gasteiger partial charge in [0.25, 0.3) is 0 Å². The van der Waals surface area contributed by atoms with Gasteiger partial charge in [-0.05, 0) is 55.3 Å². The lowest BCUT2D eigenvalue weighted by Crippen LogP contribution is -2.39. The third-order valence-corrected chi connectivity index (χ3v) is 6.17. The number of carbonyl (C=O) groups excluding carboxylic acids is 1. The molecule has 0 bridgehead atoms. The number of piperidine rings is 1. The van der Waals surface area contributed by atoms with Crippen molar-refractivity contribution in [3.63, 3.8) is 0 Å². The molecule has 0 saturated carbocycles. The number of hydrogen-bond acceptors (Lipinski definition) is 4. The maximum absolute atomic E-state index is 12.5. The van der Waals surface area contributed by atoms with E-state index in [1.54, 1.807) is 17.5 Å². The molecule has 3 heterocycles. The summed E-state index contributed by atoms with van der Waals surface area (Å²) >= 11 is 1.70. The van der Waals surface area contributed by atoms with Crippen LogP contribution in [-0.4, -0.2) is 40.2 Å². The van der Waals surface area contributed by atoms with Crippen LogP contribution in [0.3, 0.4) is 0 Å². The highest BCUT2D eigenvalue weighted by molar-refractivity contribution is 7.09. The van der Waals surface area contributed by atoms with Crippen molar-refractivity contribution in [2.75, 3.05) is 25.0 Å². The average Bonchev–Trinajstić information content (AvgIpc) is 3.37. The molecule has 1 aromatic carbocycles. The Labute approximate surface area is 170 Å². The molecule has 0 atom stereocenters. The second-order valence-corrected chi connectivity index (χ2v) is 8.44. The summed E-state index contributed by atoms with van der Waals surface area (Å²) in [6, 6.07) is 16.7. The van der Waals surface area contributed by atoms with Gasteiger partial charge in [0.15, 0.2) is 0 Å². The molecular weight excluding hydrogens is 368 g/mol. The maximum Gasteiger partial charge on any atom is 0.239 e. The van der Waals surface area contributed by atoms with Crippen molar-refractivity contribution >= 4 is 23.1 Å². The molecule has 4 rings (SSSR count). The molecule has 0 aliphatic carbocycles. The Balaban J connectivity index is 1.24. The number of hydrogen-bond donors (Lipinski definition) is 1. The molecule has 2 aromatic heterocycles. The smallest absolute Gasteiger partial charge is 0.239 e. The quantitative estimate of drug-likeness (QED) is 0.661. The van der Waals surface area contributed by atoms with Gasteiger partial charge in [-0.25, -0.2) is 4.68 Å². The zero-order valence-electron chi connectivity index (χ0n) is 16.0. The molecular formula is C22H26N4OS. The fraction of sp³-hybridized carbons (Fsp3) is 0.364. The number of carbonyl (C=O) groups is 1. The Hall–Kier alpha value is -2.44. The Kier molecular flexibility index (Phi) is 6.19. The molecule has 0 radical (unpaired) electrons. The molecule has 1 N–H and O–H groups in total. The van der Waals surface area contributed by atoms with Crippen LogP contribution in [0.4, 0.5) is 5.82 Å². The van der Waals surface area contributed by atoms with E-state index in [-0.39, 0.29) is 5.91 Å². The number of amides is 1. The van der Waals surface area contributed by atoms with E-state index < -0.39 is 0 Å². The fourth-order valence-corrected chi connectivity index (χ4v) is 4.48. The SMILES string of the molecule is O=C(CN1CCC(Cc2ccccc2)CC1)Nc1ccnn1Cc1cccs1. The lowest BCUT2D eigenvalue weighted by atomic mass is 9.90. The average molecular weight is 395 g/mol. The van der Waals surface area contributed by atoms with Crippen molar-refractivity contribution in [1.29, 1.82) is 0 Å². The van der Waals surface area contributed by atoms with Crippen LogP contribution < -0.4 is 5.32 Å². The highest BCUT2D eigenvalue weighted by atomic mass is 32.1. The molecule has 28 heavy (non-hydrogen) atoms. The van der Waals surface area contributed by atoms with Crippen LogP contribution in [0.15, 0.2) is 60.1 Å². The van der Waals surface area contributed by atoms with Crippen LogP contribution in [-0.2, 0) is 17.8 Å². The first-order valence-electron chi connectivity index (χ1n) is 9.86. The predicted octanol–water partition coefficient (Wildman–Crippen LogP) is 3.89. The highest BCUT2D eigenvalue weighted by Gasteiger charge is 2.21. The van der Waals surface area contributed by atoms with Gasteiger partial charge in [0, 0.05) is 10.9 Å². The summed E-state index contributed by atoms with van der Waals surface area (Å²) in [6.07, 6.45) is 5.18. The summed E-state index contributed by atoms with van der Waals surface area (Å²) in [7, 11) is 0. The zero-order chi connectivity index (χ0) is 19.2. The monoisotopic (exact) mass is 394 g/mol. The Morgan fingerprint density at radius 3 is 2.68 bits per heavy atom. The molecule has 1 aliphatic heterocycles. The van der Waals surface area contributed by atoms with Crippen molar-refractivity contribution in [3.05, 3.63) is 70.5 Å². The number of benzene rings is 1. The van der Waals surface area contributed by atoms with Crippen LogP contribution in [0.1, 0.15) is 23.3 Å². The lowest BCUT2D eigenvalue weighted by molar-refractivity contribution is -0.117. The predicted molar refractivity (Wildman–Crippen MR) is 114 cm³/mol. The summed E-state index contributed by atoms with van der Waals surface area (Å²) < 4.78 is 1.84. The van der Waals surface area contributed by atoms with Gasteiger partial charge in [-0.15, -0.1) is 11.3 Å². The number of nitrogens with zero attached hydrogens (tertiary/aromatic N) is 3. The van der Waals surface area contributed by atoms with E-state index in [1.165, 1.54) is 10.4 Å². The number of rotatable bonds is 7. The van der Waals surface area contributed by atoms with Crippen LogP contribution in [0.2, 0.25) is 0 Å². The van der Waals surface area contributed by atoms with Gasteiger partial charge in [-0.3, -0.25) is 9.69 Å². The fourth-order valence-electron chi connectivity index (χ4n) is 3.80. The van der Waals surface area contributed by atoms with E-state index in [0.29, 0.717) is 19.0 Å². The van der Waals surface area contributed by atoms with Crippen molar-refractivity contribution in [2.24, 2.45) is 5.92 Å². The first kappa shape index (κ1) is 18.9. The Morgan fingerprint density at radius 2 is 1.93 bits per heavy atom. The number of anilines is 1. The minimum Gasteiger partial charge on any atom is -0.310 e. The molecule has 0 spiro atoms. The third-order valence-electron chi connectivity index (χ3n) is 5.31. The van der Waals surface area contributed by atoms with E-state index in [9.17, 15) is 4.79 Å². The Morgan fingerprint density at radius 1 is 1.11 bits per heavy atom. The number of likely N-dealkylation sites (tertiary alicyclic amines) is 1. The van der Waals surface area contributed by atoms with E-state index in [0.717, 1.165) is 38.2 Å². The summed E-state index contributed by atoms with van der Waals surface area (Å²) in [5, 5.41) is 9.42. The van der Waals surface area contributed by atoms with Gasteiger partial charge < -0.3 is 5.32 Å². The summed E-state index contributed by atoms with van der Waals surface area (Å²) in [5.41, 5.74) is 1.41. The second-order valence-electron chi connectivity index (χ2n) is 7.41. The third kappa shape index (κ3) is 5.09. The number of thiophene rings is 1. The standard InChI is InChI=1S/C22H26N4OS/c27-22(24-21-8-11-23-26(21)16-20-7-4-14-28-20)17-25-12-9-19(10-13-25)15-18-5-2-1-3-6-18/h1-8,11,14,19H,9-10,12-13,15-17H2,(H,24,27). The van der Waals surface area contributed by atoms with E-state index in [1.807, 2.05) is 16.8 Å². The van der Waals surface area contributed by atoms with Gasteiger partial charge in [0.2, 0.25) is 5.91 Å². The van der Waals surface area contributed by atoms with Crippen molar-refractivity contribution in [3.8, 4) is 0 Å². The molecule has 3 aromatic rings. The minimum absolute atomic E-state index is 0.0365. The minimum atomic E-state index is 0.0365. The zero-order valence-corrected chi connectivity index (χ0v) is 16.8. The molecule has 1 amide bonds. The number of nitrogens with one attached hydrogen (secondary N) is 1. The van der Waals surface area contributed by atoms with Crippen LogP contribution in [0.25, 0.3) is 0 Å². The summed E-state index contributed by atoms with van der Waals surface area (Å²) in [5.74, 6) is 1.51. The normalized spacial score (nSPS) is 15.6. The maximum atomic E-state index is 12.5. The van der Waals surface area contributed by atoms with Gasteiger partial charge in [0.1, 0.15) is 5.82 Å². The number of aromatic nitrogens is 2. The van der Waals surface area contributed by atoms with Crippen LogP contribution >= 0.6 is 11.3 Å². The van der Waals surface area contributed by atoms with Gasteiger partial charge >= 0.3 is 0 Å². The van der Waals surface area contributed by atoms with E-state index in [4.69, 9.17) is 0 Å². The molecule has 1 aliphatic rings. The molecule has 146 valence electrons. The van der Waals surface area contributed by atoms with Gasteiger partial charge in [-0.1, -0.05) is 36.4 Å². The van der Waals surface area contributed by atoms with E-state index in [2.05, 4.69) is 57.1 Å². The summed E-state index contributed by atoms with van der Waals surface area (Å²) in [4.78, 5) is 16.0. The molecule has 1 saturated heterocycles. The first-order valence-corrected chi connectivity index (χ1v) is 10.7. The largest absolute Gasteiger partial charge is 0.310 e. The van der Waals surface area contributed by atoms with Gasteiger partial charge in [-0.2, -0.15) is 5.10 Å². The summed E-state index contributed by atoms with van der Waals surface area (Å²) in [6.45, 7) is 3.10. The van der Waals surface area contributed by atoms with Crippen molar-refractivity contribution in [1.82, 2.24) is 14.7 Å². The first-order chi connectivity index (χ1) is 13.8. The van der Waals surface area contributed by atoms with Crippen LogP contribution in [0, 0.1) is 5.92 Å². The molecule has 0 unspecified atom stereocenters. The van der Waals surface area contributed by atoms with Crippen molar-refractivity contribution in [2.45, 2.75) is 25.8 Å². The Bertz CT molecular complexity index is 867. The molecule has 1 fully saturated rings. The van der Waals surface area contributed by atoms with Crippen LogP contribution in [0.5, 0.6) is 0 Å². The molecule has 5 nitrogen and oxygen atoms in total. The van der Waals surface area contributed by atoms with Crippen molar-refractivity contribution < 1.29 is 4.79 Å². The topological polar surface area (TPSA) is 50.2 Å².